The molecule has 1 aromatic carbocycles. The lowest BCUT2D eigenvalue weighted by atomic mass is 10.2. The van der Waals surface area contributed by atoms with Gasteiger partial charge < -0.3 is 4.57 Å². The second-order valence-corrected chi connectivity index (χ2v) is 6.73. The molecule has 0 saturated carbocycles. The van der Waals surface area contributed by atoms with E-state index >= 15 is 0 Å². The van der Waals surface area contributed by atoms with Gasteiger partial charge in [0.15, 0.2) is 0 Å². The summed E-state index contributed by atoms with van der Waals surface area (Å²) in [5, 5.41) is 0.266. The molecule has 1 aromatic rings. The maximum Gasteiger partial charge on any atom is 0.252 e. The van der Waals surface area contributed by atoms with Crippen molar-refractivity contribution < 1.29 is 9.36 Å². The molecule has 70 valence electrons. The molecule has 0 heterocycles. The Hall–Kier alpha value is -0.590. The number of rotatable bonds is 2. The topological polar surface area (TPSA) is 34.1 Å². The zero-order valence-electron chi connectivity index (χ0n) is 7.45. The number of benzene rings is 1. The molecular formula is C9H10ClO2P. The van der Waals surface area contributed by atoms with Gasteiger partial charge in [0.05, 0.1) is 0 Å². The minimum Gasteiger partial charge on any atom is -0.319 e. The van der Waals surface area contributed by atoms with E-state index in [1.54, 1.807) is 37.6 Å². The molecule has 2 nitrogen and oxygen atoms in total. The summed E-state index contributed by atoms with van der Waals surface area (Å²) in [5.74, 6) is 0. The van der Waals surface area contributed by atoms with E-state index in [2.05, 4.69) is 0 Å². The van der Waals surface area contributed by atoms with Gasteiger partial charge in [0.1, 0.15) is 7.14 Å². The maximum atomic E-state index is 11.6. The number of halogens is 1. The van der Waals surface area contributed by atoms with Crippen molar-refractivity contribution in [2.24, 2.45) is 0 Å². The average molecular weight is 217 g/mol. The number of hydrogen-bond donors (Lipinski definition) is 0. The summed E-state index contributed by atoms with van der Waals surface area (Å²) in [7, 11) is -2.22. The lowest BCUT2D eigenvalue weighted by Crippen LogP contribution is -2.03. The predicted octanol–water partition coefficient (Wildman–Crippen LogP) is 2.31. The Kier molecular flexibility index (Phi) is 2.94. The Morgan fingerprint density at radius 1 is 1.23 bits per heavy atom. The van der Waals surface area contributed by atoms with Crippen LogP contribution in [0.3, 0.4) is 0 Å². The van der Waals surface area contributed by atoms with Gasteiger partial charge in [0.25, 0.3) is 5.24 Å². The first-order valence-electron chi connectivity index (χ1n) is 3.77. The van der Waals surface area contributed by atoms with Gasteiger partial charge in [-0.1, -0.05) is 12.1 Å². The van der Waals surface area contributed by atoms with Crippen LogP contribution in [0, 0.1) is 0 Å². The molecule has 1 rings (SSSR count). The van der Waals surface area contributed by atoms with Crippen LogP contribution in [-0.4, -0.2) is 18.6 Å². The van der Waals surface area contributed by atoms with Crippen molar-refractivity contribution in [2.75, 3.05) is 13.3 Å². The fourth-order valence-corrected chi connectivity index (χ4v) is 1.94. The molecular weight excluding hydrogens is 207 g/mol. The molecule has 0 bridgehead atoms. The first-order chi connectivity index (χ1) is 5.91. The van der Waals surface area contributed by atoms with Crippen molar-refractivity contribution in [1.82, 2.24) is 0 Å². The van der Waals surface area contributed by atoms with Crippen molar-refractivity contribution in [3.05, 3.63) is 29.8 Å². The number of hydrogen-bond acceptors (Lipinski definition) is 2. The van der Waals surface area contributed by atoms with Gasteiger partial charge in [-0.05, 0) is 37.1 Å². The summed E-state index contributed by atoms with van der Waals surface area (Å²) in [4.78, 5) is 10.7. The normalized spacial score (nSPS) is 11.3. The van der Waals surface area contributed by atoms with Crippen molar-refractivity contribution in [3.63, 3.8) is 0 Å². The minimum atomic E-state index is -2.22. The average Bonchev–Trinajstić information content (AvgIpc) is 2.03. The lowest BCUT2D eigenvalue weighted by molar-refractivity contribution is 0.108. The first-order valence-corrected chi connectivity index (χ1v) is 6.74. The standard InChI is InChI=1S/C9H10ClO2P/c1-13(2,12)8-5-3-7(4-6-8)9(10)11/h3-6H,1-2H3. The summed E-state index contributed by atoms with van der Waals surface area (Å²) in [5.41, 5.74) is 0.430. The summed E-state index contributed by atoms with van der Waals surface area (Å²) >= 11 is 5.26. The fourth-order valence-electron chi connectivity index (χ4n) is 0.951. The molecule has 0 spiro atoms. The number of carbonyl (C=O) groups excluding carboxylic acids is 1. The highest BCUT2D eigenvalue weighted by molar-refractivity contribution is 7.70. The Bertz CT molecular complexity index is 364. The molecule has 0 atom stereocenters. The zero-order valence-corrected chi connectivity index (χ0v) is 9.10. The summed E-state index contributed by atoms with van der Waals surface area (Å²) < 4.78 is 11.6. The molecule has 0 aliphatic rings. The Morgan fingerprint density at radius 3 is 2.00 bits per heavy atom. The van der Waals surface area contributed by atoms with E-state index in [1.165, 1.54) is 0 Å². The summed E-state index contributed by atoms with van der Waals surface area (Å²) in [6.45, 7) is 3.37. The summed E-state index contributed by atoms with van der Waals surface area (Å²) in [6.07, 6.45) is 0. The van der Waals surface area contributed by atoms with Crippen LogP contribution >= 0.6 is 18.7 Å². The fraction of sp³-hybridized carbons (Fsp3) is 0.222. The summed E-state index contributed by atoms with van der Waals surface area (Å²) in [6, 6.07) is 6.53. The van der Waals surface area contributed by atoms with Crippen molar-refractivity contribution in [2.45, 2.75) is 0 Å². The van der Waals surface area contributed by atoms with Gasteiger partial charge in [0.2, 0.25) is 0 Å². The van der Waals surface area contributed by atoms with Crippen molar-refractivity contribution >= 4 is 29.3 Å². The third kappa shape index (κ3) is 2.68. The molecule has 0 aliphatic heterocycles. The highest BCUT2D eigenvalue weighted by Gasteiger charge is 2.10. The van der Waals surface area contributed by atoms with Crippen LogP contribution < -0.4 is 5.30 Å². The van der Waals surface area contributed by atoms with Crippen molar-refractivity contribution in [3.8, 4) is 0 Å². The molecule has 13 heavy (non-hydrogen) atoms. The lowest BCUT2D eigenvalue weighted by Gasteiger charge is -2.06. The van der Waals surface area contributed by atoms with Crippen LogP contribution in [0.4, 0.5) is 0 Å². The van der Waals surface area contributed by atoms with E-state index in [-0.39, 0.29) is 0 Å². The van der Waals surface area contributed by atoms with Gasteiger partial charge in [-0.25, -0.2) is 0 Å². The van der Waals surface area contributed by atoms with Crippen LogP contribution in [0.15, 0.2) is 24.3 Å². The van der Waals surface area contributed by atoms with E-state index in [0.29, 0.717) is 5.56 Å². The largest absolute Gasteiger partial charge is 0.319 e. The monoisotopic (exact) mass is 216 g/mol. The molecule has 0 saturated heterocycles. The van der Waals surface area contributed by atoms with Gasteiger partial charge in [-0.2, -0.15) is 0 Å². The maximum absolute atomic E-state index is 11.6. The highest BCUT2D eigenvalue weighted by Crippen LogP contribution is 2.34. The van der Waals surface area contributed by atoms with E-state index in [9.17, 15) is 9.36 Å². The van der Waals surface area contributed by atoms with E-state index in [0.717, 1.165) is 5.30 Å². The quantitative estimate of drug-likeness (QED) is 0.562. The van der Waals surface area contributed by atoms with Gasteiger partial charge >= 0.3 is 0 Å². The van der Waals surface area contributed by atoms with Gasteiger partial charge in [0, 0.05) is 10.9 Å². The molecule has 0 N–H and O–H groups in total. The molecule has 0 aliphatic carbocycles. The Morgan fingerprint density at radius 2 is 1.69 bits per heavy atom. The molecule has 0 radical (unpaired) electrons. The second-order valence-electron chi connectivity index (χ2n) is 3.17. The van der Waals surface area contributed by atoms with Crippen LogP contribution in [0.2, 0.25) is 0 Å². The third-order valence-electron chi connectivity index (χ3n) is 1.72. The van der Waals surface area contributed by atoms with Gasteiger partial charge in [-0.3, -0.25) is 4.79 Å². The molecule has 0 aromatic heterocycles. The molecule has 0 fully saturated rings. The van der Waals surface area contributed by atoms with Crippen LogP contribution in [-0.2, 0) is 4.57 Å². The highest BCUT2D eigenvalue weighted by atomic mass is 35.5. The SMILES string of the molecule is CP(C)(=O)c1ccc(C(=O)Cl)cc1. The van der Waals surface area contributed by atoms with Crippen LogP contribution in [0.1, 0.15) is 10.4 Å². The Labute approximate surface area is 82.3 Å². The van der Waals surface area contributed by atoms with Gasteiger partial charge in [-0.15, -0.1) is 0 Å². The molecule has 4 heteroatoms. The third-order valence-corrected chi connectivity index (χ3v) is 3.48. The second kappa shape index (κ2) is 3.65. The first kappa shape index (κ1) is 10.5. The number of carbonyl (C=O) groups is 1. The zero-order chi connectivity index (χ0) is 10.1. The van der Waals surface area contributed by atoms with E-state index in [4.69, 9.17) is 11.6 Å². The smallest absolute Gasteiger partial charge is 0.252 e. The predicted molar refractivity (Wildman–Crippen MR) is 55.7 cm³/mol. The minimum absolute atomic E-state index is 0.430. The van der Waals surface area contributed by atoms with Crippen molar-refractivity contribution in [1.29, 1.82) is 0 Å². The molecule has 0 unspecified atom stereocenters. The van der Waals surface area contributed by atoms with Crippen LogP contribution in [0.25, 0.3) is 0 Å². The molecule has 0 amide bonds. The van der Waals surface area contributed by atoms with E-state index in [1.807, 2.05) is 0 Å². The van der Waals surface area contributed by atoms with Crippen LogP contribution in [0.5, 0.6) is 0 Å². The van der Waals surface area contributed by atoms with E-state index < -0.39 is 12.4 Å². The Balaban J connectivity index is 3.08.